The van der Waals surface area contributed by atoms with Gasteiger partial charge in [-0.1, -0.05) is 0 Å². The minimum Gasteiger partial charge on any atom is -0.508 e. The van der Waals surface area contributed by atoms with Crippen LogP contribution in [0.4, 0.5) is 0 Å². The number of carbonyl (C=O) groups is 1. The van der Waals surface area contributed by atoms with Crippen molar-refractivity contribution < 1.29 is 15.0 Å². The quantitative estimate of drug-likeness (QED) is 0.588. The molecule has 0 spiro atoms. The number of aromatic hydroxyl groups is 1. The zero-order valence-corrected chi connectivity index (χ0v) is 7.77. The van der Waals surface area contributed by atoms with Gasteiger partial charge in [-0.25, -0.2) is 0 Å². The van der Waals surface area contributed by atoms with Gasteiger partial charge in [0.15, 0.2) is 0 Å². The molecular formula is C10H10N2O3. The fourth-order valence-corrected chi connectivity index (χ4v) is 1.53. The van der Waals surface area contributed by atoms with E-state index in [1.54, 1.807) is 12.3 Å². The predicted octanol–water partition coefficient (Wildman–Crippen LogP) is 0.958. The van der Waals surface area contributed by atoms with Gasteiger partial charge in [-0.15, -0.1) is 0 Å². The van der Waals surface area contributed by atoms with Gasteiger partial charge >= 0.3 is 5.97 Å². The lowest BCUT2D eigenvalue weighted by molar-refractivity contribution is -0.138. The number of carboxylic acids is 1. The largest absolute Gasteiger partial charge is 0.508 e. The fourth-order valence-electron chi connectivity index (χ4n) is 1.53. The van der Waals surface area contributed by atoms with Crippen molar-refractivity contribution >= 4 is 16.9 Å². The Bertz CT molecular complexity index is 518. The molecular weight excluding hydrogens is 196 g/mol. The second-order valence-corrected chi connectivity index (χ2v) is 3.29. The second-order valence-electron chi connectivity index (χ2n) is 3.29. The Labute approximate surface area is 85.1 Å². The summed E-state index contributed by atoms with van der Waals surface area (Å²) >= 11 is 0. The van der Waals surface area contributed by atoms with Crippen LogP contribution in [0.2, 0.25) is 0 Å². The summed E-state index contributed by atoms with van der Waals surface area (Å²) in [5, 5.41) is 18.7. The molecule has 0 fully saturated rings. The number of phenols is 1. The highest BCUT2D eigenvalue weighted by Crippen LogP contribution is 2.25. The maximum absolute atomic E-state index is 10.7. The van der Waals surface area contributed by atoms with Gasteiger partial charge in [0.1, 0.15) is 11.8 Å². The summed E-state index contributed by atoms with van der Waals surface area (Å²) in [6.07, 6.45) is 1.54. The van der Waals surface area contributed by atoms with Crippen molar-refractivity contribution in [2.45, 2.75) is 6.04 Å². The van der Waals surface area contributed by atoms with E-state index in [4.69, 9.17) is 10.8 Å². The number of aromatic nitrogens is 1. The summed E-state index contributed by atoms with van der Waals surface area (Å²) in [5.74, 6) is -0.955. The van der Waals surface area contributed by atoms with E-state index in [9.17, 15) is 9.90 Å². The van der Waals surface area contributed by atoms with Gasteiger partial charge in [0.05, 0.1) is 0 Å². The molecule has 0 bridgehead atoms. The van der Waals surface area contributed by atoms with Crippen molar-refractivity contribution in [3.63, 3.8) is 0 Å². The molecule has 5 heteroatoms. The first-order chi connectivity index (χ1) is 7.09. The molecule has 0 saturated heterocycles. The van der Waals surface area contributed by atoms with E-state index in [2.05, 4.69) is 4.98 Å². The van der Waals surface area contributed by atoms with Gasteiger partial charge in [-0.05, 0) is 12.1 Å². The van der Waals surface area contributed by atoms with Crippen LogP contribution in [0.3, 0.4) is 0 Å². The average Bonchev–Trinajstić information content (AvgIpc) is 2.59. The van der Waals surface area contributed by atoms with Crippen LogP contribution in [0.1, 0.15) is 11.6 Å². The van der Waals surface area contributed by atoms with Crippen LogP contribution in [0.5, 0.6) is 5.75 Å². The number of aromatic amines is 1. The van der Waals surface area contributed by atoms with Crippen molar-refractivity contribution in [2.24, 2.45) is 5.73 Å². The number of phenolic OH excluding ortho intramolecular Hbond substituents is 1. The van der Waals surface area contributed by atoms with Crippen LogP contribution in [0.15, 0.2) is 24.4 Å². The number of nitrogens with one attached hydrogen (secondary N) is 1. The lowest BCUT2D eigenvalue weighted by Crippen LogP contribution is -2.20. The molecule has 1 heterocycles. The Morgan fingerprint density at radius 3 is 2.87 bits per heavy atom. The first-order valence-electron chi connectivity index (χ1n) is 4.38. The Hall–Kier alpha value is -2.01. The number of hydrogen-bond donors (Lipinski definition) is 4. The van der Waals surface area contributed by atoms with E-state index in [-0.39, 0.29) is 5.75 Å². The van der Waals surface area contributed by atoms with E-state index < -0.39 is 12.0 Å². The zero-order valence-electron chi connectivity index (χ0n) is 7.77. The van der Waals surface area contributed by atoms with Crippen molar-refractivity contribution in [2.75, 3.05) is 0 Å². The maximum Gasteiger partial charge on any atom is 0.325 e. The van der Waals surface area contributed by atoms with Gasteiger partial charge < -0.3 is 20.9 Å². The van der Waals surface area contributed by atoms with Crippen molar-refractivity contribution in [3.05, 3.63) is 30.0 Å². The van der Waals surface area contributed by atoms with E-state index in [0.29, 0.717) is 16.5 Å². The van der Waals surface area contributed by atoms with Gasteiger partial charge in [-0.2, -0.15) is 0 Å². The zero-order chi connectivity index (χ0) is 11.0. The highest BCUT2D eigenvalue weighted by atomic mass is 16.4. The number of hydrogen-bond acceptors (Lipinski definition) is 3. The molecule has 1 unspecified atom stereocenters. The summed E-state index contributed by atoms with van der Waals surface area (Å²) in [4.78, 5) is 13.6. The Morgan fingerprint density at radius 1 is 1.47 bits per heavy atom. The highest BCUT2D eigenvalue weighted by molar-refractivity contribution is 5.89. The molecule has 15 heavy (non-hydrogen) atoms. The minimum absolute atomic E-state index is 0.125. The lowest BCUT2D eigenvalue weighted by Gasteiger charge is -2.04. The summed E-state index contributed by atoms with van der Waals surface area (Å²) < 4.78 is 0. The van der Waals surface area contributed by atoms with Crippen molar-refractivity contribution in [3.8, 4) is 5.75 Å². The van der Waals surface area contributed by atoms with Crippen LogP contribution in [0.25, 0.3) is 10.9 Å². The summed E-state index contributed by atoms with van der Waals surface area (Å²) in [6, 6.07) is 3.60. The molecule has 5 N–H and O–H groups in total. The number of benzene rings is 1. The third kappa shape index (κ3) is 1.53. The van der Waals surface area contributed by atoms with Gasteiger partial charge in [0, 0.05) is 28.7 Å². The SMILES string of the molecule is NC(C(=O)O)c1c[nH]c2cc(O)ccc12. The number of fused-ring (bicyclic) bond motifs is 1. The molecule has 0 amide bonds. The molecule has 0 aliphatic heterocycles. The molecule has 0 aliphatic carbocycles. The molecule has 1 aromatic heterocycles. The smallest absolute Gasteiger partial charge is 0.325 e. The fraction of sp³-hybridized carbons (Fsp3) is 0.100. The highest BCUT2D eigenvalue weighted by Gasteiger charge is 2.18. The normalized spacial score (nSPS) is 12.9. The van der Waals surface area contributed by atoms with Crippen molar-refractivity contribution in [1.29, 1.82) is 0 Å². The third-order valence-corrected chi connectivity index (χ3v) is 2.30. The third-order valence-electron chi connectivity index (χ3n) is 2.30. The second kappa shape index (κ2) is 3.29. The van der Waals surface area contributed by atoms with Crippen LogP contribution in [0, 0.1) is 0 Å². The van der Waals surface area contributed by atoms with Gasteiger partial charge in [0.25, 0.3) is 0 Å². The molecule has 5 nitrogen and oxygen atoms in total. The summed E-state index contributed by atoms with van der Waals surface area (Å²) in [6.45, 7) is 0. The number of aliphatic carboxylic acids is 1. The number of H-pyrrole nitrogens is 1. The van der Waals surface area contributed by atoms with Gasteiger partial charge in [0.2, 0.25) is 0 Å². The van der Waals surface area contributed by atoms with E-state index in [1.165, 1.54) is 12.1 Å². The lowest BCUT2D eigenvalue weighted by atomic mass is 10.1. The summed E-state index contributed by atoms with van der Waals surface area (Å²) in [7, 11) is 0. The van der Waals surface area contributed by atoms with Gasteiger partial charge in [-0.3, -0.25) is 4.79 Å². The standard InChI is InChI=1S/C10H10N2O3/c11-9(10(14)15)7-4-12-8-3-5(13)1-2-6(7)8/h1-4,9,12-13H,11H2,(H,14,15). The molecule has 1 atom stereocenters. The topological polar surface area (TPSA) is 99.3 Å². The minimum atomic E-state index is -1.08. The number of nitrogens with two attached hydrogens (primary N) is 1. The van der Waals surface area contributed by atoms with E-state index >= 15 is 0 Å². The molecule has 2 aromatic rings. The van der Waals surface area contributed by atoms with Crippen LogP contribution in [-0.2, 0) is 4.79 Å². The molecule has 0 radical (unpaired) electrons. The molecule has 78 valence electrons. The van der Waals surface area contributed by atoms with E-state index in [1.807, 2.05) is 0 Å². The first kappa shape index (κ1) is 9.54. The van der Waals surface area contributed by atoms with Crippen molar-refractivity contribution in [1.82, 2.24) is 4.98 Å². The number of rotatable bonds is 2. The molecule has 2 rings (SSSR count). The van der Waals surface area contributed by atoms with Crippen LogP contribution < -0.4 is 5.73 Å². The average molecular weight is 206 g/mol. The Kier molecular flexibility index (Phi) is 2.09. The maximum atomic E-state index is 10.7. The molecule has 0 aliphatic rings. The monoisotopic (exact) mass is 206 g/mol. The molecule has 0 saturated carbocycles. The predicted molar refractivity (Wildman–Crippen MR) is 54.5 cm³/mol. The van der Waals surface area contributed by atoms with E-state index in [0.717, 1.165) is 0 Å². The Balaban J connectivity index is 2.59. The number of carboxylic acid groups (broad SMARTS) is 1. The van der Waals surface area contributed by atoms with Crippen LogP contribution in [-0.4, -0.2) is 21.2 Å². The first-order valence-corrected chi connectivity index (χ1v) is 4.38. The summed E-state index contributed by atoms with van der Waals surface area (Å²) in [5.41, 5.74) is 6.68. The molecule has 1 aromatic carbocycles. The van der Waals surface area contributed by atoms with Crippen LogP contribution >= 0.6 is 0 Å². The Morgan fingerprint density at radius 2 is 2.20 bits per heavy atom.